The Hall–Kier alpha value is -2.50. The summed E-state index contributed by atoms with van der Waals surface area (Å²) in [5, 5.41) is 5.45. The SMILES string of the molecule is C=CCNC(=O)c1ccc(OCC(=O)NC(C)CC)c(N)c1. The molecule has 0 aliphatic carbocycles. The molecule has 6 nitrogen and oxygen atoms in total. The Balaban J connectivity index is 2.60. The van der Waals surface area contributed by atoms with Crippen LogP contribution in [0.25, 0.3) is 0 Å². The maximum atomic E-state index is 11.8. The Kier molecular flexibility index (Phi) is 6.95. The number of anilines is 1. The number of hydrogen-bond donors (Lipinski definition) is 3. The van der Waals surface area contributed by atoms with Crippen LogP contribution in [0.3, 0.4) is 0 Å². The van der Waals surface area contributed by atoms with Crippen molar-refractivity contribution in [3.63, 3.8) is 0 Å². The lowest BCUT2D eigenvalue weighted by Crippen LogP contribution is -2.35. The molecule has 0 fully saturated rings. The zero-order valence-electron chi connectivity index (χ0n) is 13.0. The van der Waals surface area contributed by atoms with Crippen LogP contribution < -0.4 is 21.1 Å². The molecule has 1 aromatic carbocycles. The third-order valence-corrected chi connectivity index (χ3v) is 3.06. The van der Waals surface area contributed by atoms with Crippen molar-refractivity contribution in [1.82, 2.24) is 10.6 Å². The monoisotopic (exact) mass is 305 g/mol. The van der Waals surface area contributed by atoms with Gasteiger partial charge in [0.05, 0.1) is 5.69 Å². The molecule has 0 aliphatic rings. The molecule has 1 aromatic rings. The van der Waals surface area contributed by atoms with E-state index in [4.69, 9.17) is 10.5 Å². The zero-order valence-corrected chi connectivity index (χ0v) is 13.0. The average Bonchev–Trinajstić information content (AvgIpc) is 2.51. The van der Waals surface area contributed by atoms with Gasteiger partial charge in [0.1, 0.15) is 5.75 Å². The third kappa shape index (κ3) is 5.47. The van der Waals surface area contributed by atoms with E-state index in [0.717, 1.165) is 6.42 Å². The molecule has 4 N–H and O–H groups in total. The van der Waals surface area contributed by atoms with E-state index in [-0.39, 0.29) is 24.5 Å². The standard InChI is InChI=1S/C16H23N3O3/c1-4-8-18-16(21)12-6-7-14(13(17)9-12)22-10-15(20)19-11(3)5-2/h4,6-7,9,11H,1,5,8,10,17H2,2-3H3,(H,18,21)(H,19,20). The molecular weight excluding hydrogens is 282 g/mol. The van der Waals surface area contributed by atoms with Gasteiger partial charge in [-0.15, -0.1) is 6.58 Å². The smallest absolute Gasteiger partial charge is 0.258 e. The molecule has 0 aromatic heterocycles. The summed E-state index contributed by atoms with van der Waals surface area (Å²) in [6.45, 7) is 7.70. The highest BCUT2D eigenvalue weighted by atomic mass is 16.5. The first kappa shape index (κ1) is 17.6. The van der Waals surface area contributed by atoms with Crippen LogP contribution in [-0.2, 0) is 4.79 Å². The number of ether oxygens (including phenoxy) is 1. The molecule has 0 spiro atoms. The maximum Gasteiger partial charge on any atom is 0.258 e. The van der Waals surface area contributed by atoms with E-state index in [2.05, 4.69) is 17.2 Å². The number of benzene rings is 1. The van der Waals surface area contributed by atoms with Crippen LogP contribution >= 0.6 is 0 Å². The number of carbonyl (C=O) groups excluding carboxylic acids is 2. The second-order valence-electron chi connectivity index (χ2n) is 4.92. The van der Waals surface area contributed by atoms with E-state index in [1.165, 1.54) is 6.07 Å². The highest BCUT2D eigenvalue weighted by Crippen LogP contribution is 2.22. The molecule has 2 amide bonds. The van der Waals surface area contributed by atoms with Crippen LogP contribution in [0.5, 0.6) is 5.75 Å². The number of amides is 2. The minimum Gasteiger partial charge on any atom is -0.482 e. The van der Waals surface area contributed by atoms with Crippen LogP contribution in [0.1, 0.15) is 30.6 Å². The molecule has 22 heavy (non-hydrogen) atoms. The van der Waals surface area contributed by atoms with Crippen molar-refractivity contribution in [2.45, 2.75) is 26.3 Å². The van der Waals surface area contributed by atoms with Gasteiger partial charge >= 0.3 is 0 Å². The summed E-state index contributed by atoms with van der Waals surface area (Å²) < 4.78 is 5.37. The third-order valence-electron chi connectivity index (χ3n) is 3.06. The number of nitrogens with two attached hydrogens (primary N) is 1. The molecule has 1 atom stereocenters. The summed E-state index contributed by atoms with van der Waals surface area (Å²) in [7, 11) is 0. The van der Waals surface area contributed by atoms with Crippen molar-refractivity contribution >= 4 is 17.5 Å². The molecule has 0 bridgehead atoms. The normalized spacial score (nSPS) is 11.4. The molecular formula is C16H23N3O3. The Morgan fingerprint density at radius 2 is 2.18 bits per heavy atom. The molecule has 0 saturated carbocycles. The fourth-order valence-electron chi connectivity index (χ4n) is 1.65. The quantitative estimate of drug-likeness (QED) is 0.501. The first-order valence-electron chi connectivity index (χ1n) is 7.18. The van der Waals surface area contributed by atoms with Gasteiger partial charge in [-0.3, -0.25) is 9.59 Å². The van der Waals surface area contributed by atoms with Gasteiger partial charge in [-0.25, -0.2) is 0 Å². The van der Waals surface area contributed by atoms with E-state index in [1.54, 1.807) is 18.2 Å². The Labute approximate surface area is 130 Å². The van der Waals surface area contributed by atoms with Crippen molar-refractivity contribution in [2.24, 2.45) is 0 Å². The minimum atomic E-state index is -0.243. The Morgan fingerprint density at radius 3 is 2.77 bits per heavy atom. The Morgan fingerprint density at radius 1 is 1.45 bits per heavy atom. The summed E-state index contributed by atoms with van der Waals surface area (Å²) >= 11 is 0. The summed E-state index contributed by atoms with van der Waals surface area (Å²) in [6.07, 6.45) is 2.44. The largest absolute Gasteiger partial charge is 0.482 e. The first-order chi connectivity index (χ1) is 10.5. The highest BCUT2D eigenvalue weighted by Gasteiger charge is 2.10. The van der Waals surface area contributed by atoms with Gasteiger partial charge in [0.2, 0.25) is 0 Å². The van der Waals surface area contributed by atoms with E-state index >= 15 is 0 Å². The molecule has 1 unspecified atom stereocenters. The number of nitrogens with one attached hydrogen (secondary N) is 2. The van der Waals surface area contributed by atoms with Crippen LogP contribution in [0.2, 0.25) is 0 Å². The Bertz CT molecular complexity index is 543. The molecule has 0 heterocycles. The van der Waals surface area contributed by atoms with Crippen LogP contribution in [0, 0.1) is 0 Å². The average molecular weight is 305 g/mol. The van der Waals surface area contributed by atoms with Crippen LogP contribution in [0.4, 0.5) is 5.69 Å². The fourth-order valence-corrected chi connectivity index (χ4v) is 1.65. The van der Waals surface area contributed by atoms with E-state index in [0.29, 0.717) is 23.5 Å². The van der Waals surface area contributed by atoms with Gasteiger partial charge in [0.15, 0.2) is 6.61 Å². The summed E-state index contributed by atoms with van der Waals surface area (Å²) in [5.41, 5.74) is 6.58. The van der Waals surface area contributed by atoms with Gasteiger partial charge in [-0.2, -0.15) is 0 Å². The van der Waals surface area contributed by atoms with Gasteiger partial charge in [0.25, 0.3) is 11.8 Å². The summed E-state index contributed by atoms with van der Waals surface area (Å²) in [4.78, 5) is 23.4. The van der Waals surface area contributed by atoms with Crippen molar-refractivity contribution in [2.75, 3.05) is 18.9 Å². The number of hydrogen-bond acceptors (Lipinski definition) is 4. The second kappa shape index (κ2) is 8.71. The minimum absolute atomic E-state index is 0.101. The number of carbonyl (C=O) groups is 2. The van der Waals surface area contributed by atoms with Gasteiger partial charge < -0.3 is 21.1 Å². The van der Waals surface area contributed by atoms with E-state index < -0.39 is 0 Å². The topological polar surface area (TPSA) is 93.4 Å². The van der Waals surface area contributed by atoms with Gasteiger partial charge in [-0.05, 0) is 31.5 Å². The predicted molar refractivity (Wildman–Crippen MR) is 86.8 cm³/mol. The van der Waals surface area contributed by atoms with Crippen molar-refractivity contribution in [3.05, 3.63) is 36.4 Å². The van der Waals surface area contributed by atoms with E-state index in [1.807, 2.05) is 13.8 Å². The lowest BCUT2D eigenvalue weighted by atomic mass is 10.1. The number of rotatable bonds is 8. The molecule has 0 radical (unpaired) electrons. The molecule has 6 heteroatoms. The highest BCUT2D eigenvalue weighted by molar-refractivity contribution is 5.95. The predicted octanol–water partition coefficient (Wildman–Crippen LogP) is 1.48. The molecule has 0 saturated heterocycles. The molecule has 120 valence electrons. The van der Waals surface area contributed by atoms with Gasteiger partial charge in [0, 0.05) is 18.2 Å². The first-order valence-corrected chi connectivity index (χ1v) is 7.18. The lowest BCUT2D eigenvalue weighted by molar-refractivity contribution is -0.123. The molecule has 0 aliphatic heterocycles. The lowest BCUT2D eigenvalue weighted by Gasteiger charge is -2.13. The zero-order chi connectivity index (χ0) is 16.5. The fraction of sp³-hybridized carbons (Fsp3) is 0.375. The van der Waals surface area contributed by atoms with E-state index in [9.17, 15) is 9.59 Å². The second-order valence-corrected chi connectivity index (χ2v) is 4.92. The van der Waals surface area contributed by atoms with Gasteiger partial charge in [-0.1, -0.05) is 13.0 Å². The maximum absolute atomic E-state index is 11.8. The number of nitrogen functional groups attached to an aromatic ring is 1. The van der Waals surface area contributed by atoms with Crippen molar-refractivity contribution in [3.8, 4) is 5.75 Å². The van der Waals surface area contributed by atoms with Crippen LogP contribution in [0.15, 0.2) is 30.9 Å². The summed E-state index contributed by atoms with van der Waals surface area (Å²) in [6, 6.07) is 4.79. The van der Waals surface area contributed by atoms with Crippen molar-refractivity contribution < 1.29 is 14.3 Å². The van der Waals surface area contributed by atoms with Crippen LogP contribution in [-0.4, -0.2) is 31.0 Å². The van der Waals surface area contributed by atoms with Crippen molar-refractivity contribution in [1.29, 1.82) is 0 Å². The molecule has 1 rings (SSSR count). The summed E-state index contributed by atoms with van der Waals surface area (Å²) in [5.74, 6) is -0.0752.